The number of hydrogen-bond donors (Lipinski definition) is 3. The van der Waals surface area contributed by atoms with E-state index >= 15 is 0 Å². The standard InChI is InChI=1S/C11H21N3O5/c1-3-14(8-10(16)17)11(18)13-5-4-9(15)12-6-7-19-2/h3-8H2,1-2H3,(H,12,15)(H,13,18)(H,16,17). The van der Waals surface area contributed by atoms with Gasteiger partial charge in [0.15, 0.2) is 0 Å². The monoisotopic (exact) mass is 275 g/mol. The molecule has 8 heteroatoms. The molecule has 0 aromatic heterocycles. The van der Waals surface area contributed by atoms with E-state index in [1.54, 1.807) is 6.92 Å². The second-order valence-electron chi connectivity index (χ2n) is 3.73. The van der Waals surface area contributed by atoms with Gasteiger partial charge in [-0.25, -0.2) is 4.79 Å². The van der Waals surface area contributed by atoms with E-state index in [-0.39, 0.29) is 32.0 Å². The Morgan fingerprint density at radius 3 is 2.42 bits per heavy atom. The number of nitrogens with zero attached hydrogens (tertiary/aromatic N) is 1. The number of urea groups is 1. The number of carboxylic acid groups (broad SMARTS) is 1. The Labute approximate surface area is 112 Å². The van der Waals surface area contributed by atoms with E-state index < -0.39 is 12.0 Å². The van der Waals surface area contributed by atoms with Crippen LogP contribution in [-0.2, 0) is 14.3 Å². The fourth-order valence-corrected chi connectivity index (χ4v) is 1.27. The molecule has 0 unspecified atom stereocenters. The molecule has 0 atom stereocenters. The summed E-state index contributed by atoms with van der Waals surface area (Å²) in [7, 11) is 1.54. The lowest BCUT2D eigenvalue weighted by atomic mass is 10.4. The molecule has 0 bridgehead atoms. The molecule has 0 aromatic carbocycles. The van der Waals surface area contributed by atoms with Crippen LogP contribution in [0.15, 0.2) is 0 Å². The van der Waals surface area contributed by atoms with Crippen LogP contribution < -0.4 is 10.6 Å². The number of rotatable bonds is 9. The molecule has 0 aliphatic heterocycles. The van der Waals surface area contributed by atoms with Crippen molar-refractivity contribution in [3.8, 4) is 0 Å². The van der Waals surface area contributed by atoms with Crippen molar-refractivity contribution in [1.82, 2.24) is 15.5 Å². The zero-order valence-corrected chi connectivity index (χ0v) is 11.3. The van der Waals surface area contributed by atoms with Gasteiger partial charge in [-0.1, -0.05) is 0 Å². The van der Waals surface area contributed by atoms with E-state index in [0.717, 1.165) is 4.90 Å². The first kappa shape index (κ1) is 17.2. The Morgan fingerprint density at radius 2 is 1.89 bits per heavy atom. The molecule has 0 radical (unpaired) electrons. The van der Waals surface area contributed by atoms with Crippen molar-refractivity contribution in [2.24, 2.45) is 0 Å². The number of carbonyl (C=O) groups is 3. The van der Waals surface area contributed by atoms with Gasteiger partial charge in [0.1, 0.15) is 6.54 Å². The lowest BCUT2D eigenvalue weighted by Gasteiger charge is -2.18. The fraction of sp³-hybridized carbons (Fsp3) is 0.727. The van der Waals surface area contributed by atoms with Crippen LogP contribution in [0.25, 0.3) is 0 Å². The van der Waals surface area contributed by atoms with Gasteiger partial charge in [-0.3, -0.25) is 9.59 Å². The molecule has 0 heterocycles. The van der Waals surface area contributed by atoms with Crippen molar-refractivity contribution in [1.29, 1.82) is 0 Å². The predicted molar refractivity (Wildman–Crippen MR) is 67.8 cm³/mol. The molecule has 0 aliphatic carbocycles. The van der Waals surface area contributed by atoms with Gasteiger partial charge in [-0.05, 0) is 6.92 Å². The van der Waals surface area contributed by atoms with Crippen molar-refractivity contribution in [2.75, 3.05) is 39.9 Å². The molecule has 110 valence electrons. The first-order valence-corrected chi connectivity index (χ1v) is 6.01. The summed E-state index contributed by atoms with van der Waals surface area (Å²) >= 11 is 0. The third-order valence-electron chi connectivity index (χ3n) is 2.25. The van der Waals surface area contributed by atoms with Crippen molar-refractivity contribution in [3.05, 3.63) is 0 Å². The first-order chi connectivity index (χ1) is 9.01. The van der Waals surface area contributed by atoms with E-state index in [2.05, 4.69) is 10.6 Å². The molecular formula is C11H21N3O5. The molecule has 8 nitrogen and oxygen atoms in total. The normalized spacial score (nSPS) is 9.79. The smallest absolute Gasteiger partial charge is 0.323 e. The predicted octanol–water partition coefficient (Wildman–Crippen LogP) is -0.745. The highest BCUT2D eigenvalue weighted by atomic mass is 16.5. The Morgan fingerprint density at radius 1 is 1.21 bits per heavy atom. The van der Waals surface area contributed by atoms with Crippen LogP contribution in [-0.4, -0.2) is 67.8 Å². The van der Waals surface area contributed by atoms with Gasteiger partial charge in [0.05, 0.1) is 6.61 Å². The highest BCUT2D eigenvalue weighted by Gasteiger charge is 2.14. The van der Waals surface area contributed by atoms with Crippen LogP contribution in [0, 0.1) is 0 Å². The van der Waals surface area contributed by atoms with Crippen LogP contribution in [0.3, 0.4) is 0 Å². The zero-order valence-electron chi connectivity index (χ0n) is 11.3. The Balaban J connectivity index is 3.82. The number of methoxy groups -OCH3 is 1. The van der Waals surface area contributed by atoms with E-state index in [0.29, 0.717) is 13.2 Å². The van der Waals surface area contributed by atoms with Crippen LogP contribution in [0.4, 0.5) is 4.79 Å². The van der Waals surface area contributed by atoms with Crippen molar-refractivity contribution in [3.63, 3.8) is 0 Å². The number of likely N-dealkylation sites (N-methyl/N-ethyl adjacent to an activating group) is 1. The van der Waals surface area contributed by atoms with Gasteiger partial charge in [-0.2, -0.15) is 0 Å². The molecule has 0 aromatic rings. The van der Waals surface area contributed by atoms with Gasteiger partial charge in [-0.15, -0.1) is 0 Å². The van der Waals surface area contributed by atoms with E-state index in [4.69, 9.17) is 9.84 Å². The Bertz CT molecular complexity index is 309. The minimum atomic E-state index is -1.07. The summed E-state index contributed by atoms with van der Waals surface area (Å²) in [5.41, 5.74) is 0. The van der Waals surface area contributed by atoms with Gasteiger partial charge in [0.25, 0.3) is 0 Å². The SMILES string of the molecule is CCN(CC(=O)O)C(=O)NCCC(=O)NCCOC. The van der Waals surface area contributed by atoms with Crippen LogP contribution >= 0.6 is 0 Å². The molecule has 0 rings (SSSR count). The fourth-order valence-electron chi connectivity index (χ4n) is 1.27. The Kier molecular flexibility index (Phi) is 9.15. The first-order valence-electron chi connectivity index (χ1n) is 6.01. The highest BCUT2D eigenvalue weighted by molar-refractivity contribution is 5.81. The number of ether oxygens (including phenoxy) is 1. The minimum Gasteiger partial charge on any atom is -0.480 e. The number of carboxylic acids is 1. The molecule has 0 saturated carbocycles. The van der Waals surface area contributed by atoms with Gasteiger partial charge < -0.3 is 25.4 Å². The van der Waals surface area contributed by atoms with Crippen LogP contribution in [0.2, 0.25) is 0 Å². The molecular weight excluding hydrogens is 254 g/mol. The maximum absolute atomic E-state index is 11.6. The average molecular weight is 275 g/mol. The summed E-state index contributed by atoms with van der Waals surface area (Å²) in [5, 5.41) is 13.7. The summed E-state index contributed by atoms with van der Waals surface area (Å²) in [4.78, 5) is 34.5. The molecule has 3 amide bonds. The molecule has 0 fully saturated rings. The maximum atomic E-state index is 11.6. The zero-order chi connectivity index (χ0) is 14.7. The second-order valence-corrected chi connectivity index (χ2v) is 3.73. The lowest BCUT2D eigenvalue weighted by molar-refractivity contribution is -0.137. The van der Waals surface area contributed by atoms with Gasteiger partial charge >= 0.3 is 12.0 Å². The van der Waals surface area contributed by atoms with E-state index in [1.807, 2.05) is 0 Å². The Hall–Kier alpha value is -1.83. The number of aliphatic carboxylic acids is 1. The molecule has 19 heavy (non-hydrogen) atoms. The topological polar surface area (TPSA) is 108 Å². The maximum Gasteiger partial charge on any atom is 0.323 e. The quantitative estimate of drug-likeness (QED) is 0.480. The molecule has 0 aliphatic rings. The summed E-state index contributed by atoms with van der Waals surface area (Å²) in [5.74, 6) is -1.27. The van der Waals surface area contributed by atoms with E-state index in [1.165, 1.54) is 7.11 Å². The summed E-state index contributed by atoms with van der Waals surface area (Å²) < 4.78 is 4.77. The second kappa shape index (κ2) is 10.1. The van der Waals surface area contributed by atoms with E-state index in [9.17, 15) is 14.4 Å². The number of hydrogen-bond acceptors (Lipinski definition) is 4. The minimum absolute atomic E-state index is 0.139. The third kappa shape index (κ3) is 8.83. The number of amides is 3. The van der Waals surface area contributed by atoms with Crippen molar-refractivity contribution < 1.29 is 24.2 Å². The van der Waals surface area contributed by atoms with Gasteiger partial charge in [0.2, 0.25) is 5.91 Å². The van der Waals surface area contributed by atoms with Crippen molar-refractivity contribution >= 4 is 17.9 Å². The average Bonchev–Trinajstić information content (AvgIpc) is 2.35. The number of carbonyl (C=O) groups excluding carboxylic acids is 2. The summed E-state index contributed by atoms with van der Waals surface area (Å²) in [6.45, 7) is 2.62. The van der Waals surface area contributed by atoms with Crippen LogP contribution in [0.1, 0.15) is 13.3 Å². The number of nitrogens with one attached hydrogen (secondary N) is 2. The third-order valence-corrected chi connectivity index (χ3v) is 2.25. The summed E-state index contributed by atoms with van der Waals surface area (Å²) in [6, 6.07) is -0.491. The van der Waals surface area contributed by atoms with Gasteiger partial charge in [0, 0.05) is 33.2 Å². The molecule has 0 saturated heterocycles. The highest BCUT2D eigenvalue weighted by Crippen LogP contribution is 1.89. The summed E-state index contributed by atoms with van der Waals surface area (Å²) in [6.07, 6.45) is 0.139. The largest absolute Gasteiger partial charge is 0.480 e. The van der Waals surface area contributed by atoms with Crippen LogP contribution in [0.5, 0.6) is 0 Å². The molecule has 0 spiro atoms. The van der Waals surface area contributed by atoms with Crippen molar-refractivity contribution in [2.45, 2.75) is 13.3 Å². The molecule has 3 N–H and O–H groups in total. The lowest BCUT2D eigenvalue weighted by Crippen LogP contribution is -2.43.